The lowest BCUT2D eigenvalue weighted by molar-refractivity contribution is 0.499. The van der Waals surface area contributed by atoms with Crippen molar-refractivity contribution in [3.8, 4) is 0 Å². The Bertz CT molecular complexity index is 1030. The van der Waals surface area contributed by atoms with Crippen LogP contribution in [-0.4, -0.2) is 21.1 Å². The monoisotopic (exact) mass is 369 g/mol. The molecule has 0 aliphatic carbocycles. The van der Waals surface area contributed by atoms with Crippen molar-refractivity contribution in [2.45, 2.75) is 38.3 Å². The van der Waals surface area contributed by atoms with Crippen molar-refractivity contribution in [1.29, 1.82) is 0 Å². The molecule has 5 heteroatoms. The van der Waals surface area contributed by atoms with Crippen molar-refractivity contribution in [2.24, 2.45) is 0 Å². The second-order valence-electron chi connectivity index (χ2n) is 7.31. The lowest BCUT2D eigenvalue weighted by Gasteiger charge is -2.32. The van der Waals surface area contributed by atoms with Gasteiger partial charge in [0.1, 0.15) is 24.0 Å². The van der Waals surface area contributed by atoms with Crippen LogP contribution < -0.4 is 9.80 Å². The first kappa shape index (κ1) is 16.9. The van der Waals surface area contributed by atoms with E-state index in [1.165, 1.54) is 11.3 Å². The summed E-state index contributed by atoms with van der Waals surface area (Å²) in [7, 11) is 0. The van der Waals surface area contributed by atoms with Crippen LogP contribution in [0.3, 0.4) is 0 Å². The molecule has 0 N–H and O–H groups in total. The summed E-state index contributed by atoms with van der Waals surface area (Å²) in [5.41, 5.74) is 3.61. The first-order chi connectivity index (χ1) is 13.8. The topological polar surface area (TPSA) is 45.2 Å². The standard InChI is InChI=1S/C23H23N5/c1-3-23(4-2)13-12-21-27(18-10-6-5-9-17(18)23)19-15-24-16-26-22(19)28(21)20-11-7-8-14-25-20/h5-16,21H,3-4H2,1-2H3. The molecule has 0 amide bonds. The van der Waals surface area contributed by atoms with Gasteiger partial charge in [0.05, 0.1) is 6.20 Å². The molecule has 140 valence electrons. The molecule has 5 nitrogen and oxygen atoms in total. The molecule has 2 aliphatic heterocycles. The number of allylic oxidation sites excluding steroid dienone is 1. The van der Waals surface area contributed by atoms with Crippen LogP contribution in [-0.2, 0) is 5.41 Å². The van der Waals surface area contributed by atoms with Gasteiger partial charge in [0, 0.05) is 17.3 Å². The Balaban J connectivity index is 1.78. The fourth-order valence-corrected chi connectivity index (χ4v) is 4.57. The molecule has 0 bridgehead atoms. The van der Waals surface area contributed by atoms with E-state index in [4.69, 9.17) is 0 Å². The van der Waals surface area contributed by atoms with E-state index in [-0.39, 0.29) is 11.6 Å². The molecule has 0 fully saturated rings. The Morgan fingerprint density at radius 2 is 1.75 bits per heavy atom. The van der Waals surface area contributed by atoms with Crippen molar-refractivity contribution in [1.82, 2.24) is 15.0 Å². The van der Waals surface area contributed by atoms with E-state index in [2.05, 4.69) is 75.0 Å². The van der Waals surface area contributed by atoms with Crippen molar-refractivity contribution >= 4 is 23.0 Å². The van der Waals surface area contributed by atoms with Crippen molar-refractivity contribution in [3.63, 3.8) is 0 Å². The smallest absolute Gasteiger partial charge is 0.163 e. The summed E-state index contributed by atoms with van der Waals surface area (Å²) in [6, 6.07) is 14.7. The normalized spacial score (nSPS) is 19.0. The molecule has 0 radical (unpaired) electrons. The third-order valence-corrected chi connectivity index (χ3v) is 6.13. The second-order valence-corrected chi connectivity index (χ2v) is 7.31. The number of para-hydroxylation sites is 1. The van der Waals surface area contributed by atoms with E-state index in [0.29, 0.717) is 0 Å². The van der Waals surface area contributed by atoms with Crippen LogP contribution in [0, 0.1) is 0 Å². The average molecular weight is 369 g/mol. The van der Waals surface area contributed by atoms with Crippen LogP contribution in [0.2, 0.25) is 0 Å². The number of hydrogen-bond donors (Lipinski definition) is 0. The molecule has 0 saturated heterocycles. The SMILES string of the molecule is CCC1(CC)C=CC2N(c3ccccc31)c1cncnc1N2c1ccccn1. The molecule has 0 spiro atoms. The quantitative estimate of drug-likeness (QED) is 0.600. The van der Waals surface area contributed by atoms with Gasteiger partial charge in [-0.3, -0.25) is 4.90 Å². The number of aromatic nitrogens is 3. The zero-order valence-electron chi connectivity index (χ0n) is 16.2. The highest BCUT2D eigenvalue weighted by atomic mass is 15.5. The van der Waals surface area contributed by atoms with Gasteiger partial charge in [0.2, 0.25) is 0 Å². The maximum absolute atomic E-state index is 4.62. The van der Waals surface area contributed by atoms with E-state index in [0.717, 1.165) is 30.2 Å². The molecule has 1 unspecified atom stereocenters. The Hall–Kier alpha value is -3.21. The highest BCUT2D eigenvalue weighted by Crippen LogP contribution is 2.51. The van der Waals surface area contributed by atoms with Crippen LogP contribution in [0.25, 0.3) is 0 Å². The number of anilines is 4. The summed E-state index contributed by atoms with van der Waals surface area (Å²) in [5.74, 6) is 1.77. The Kier molecular flexibility index (Phi) is 3.90. The number of fused-ring (bicyclic) bond motifs is 5. The van der Waals surface area contributed by atoms with Gasteiger partial charge < -0.3 is 4.90 Å². The summed E-state index contributed by atoms with van der Waals surface area (Å²) in [4.78, 5) is 18.1. The zero-order chi connectivity index (χ0) is 19.1. The number of nitrogens with zero attached hydrogens (tertiary/aromatic N) is 5. The van der Waals surface area contributed by atoms with Gasteiger partial charge in [-0.25, -0.2) is 15.0 Å². The summed E-state index contributed by atoms with van der Waals surface area (Å²) in [6.07, 6.45) is 12.1. The van der Waals surface area contributed by atoms with Crippen LogP contribution in [0.1, 0.15) is 32.3 Å². The summed E-state index contributed by atoms with van der Waals surface area (Å²) in [6.45, 7) is 4.54. The molecule has 2 aromatic heterocycles. The van der Waals surface area contributed by atoms with Crippen LogP contribution in [0.4, 0.5) is 23.0 Å². The molecule has 5 rings (SSSR count). The highest BCUT2D eigenvalue weighted by Gasteiger charge is 2.43. The third-order valence-electron chi connectivity index (χ3n) is 6.13. The summed E-state index contributed by atoms with van der Waals surface area (Å²) >= 11 is 0. The predicted octanol–water partition coefficient (Wildman–Crippen LogP) is 5.12. The van der Waals surface area contributed by atoms with Crippen molar-refractivity contribution in [2.75, 3.05) is 9.80 Å². The van der Waals surface area contributed by atoms with E-state index in [1.807, 2.05) is 30.6 Å². The van der Waals surface area contributed by atoms with Gasteiger partial charge in [-0.1, -0.05) is 44.2 Å². The van der Waals surface area contributed by atoms with E-state index < -0.39 is 0 Å². The summed E-state index contributed by atoms with van der Waals surface area (Å²) in [5, 5.41) is 0. The number of benzene rings is 1. The molecular formula is C23H23N5. The minimum absolute atomic E-state index is 0.0204. The van der Waals surface area contributed by atoms with Crippen LogP contribution >= 0.6 is 0 Å². The van der Waals surface area contributed by atoms with E-state index in [9.17, 15) is 0 Å². The third kappa shape index (κ3) is 2.29. The predicted molar refractivity (Wildman–Crippen MR) is 112 cm³/mol. The molecule has 2 aliphatic rings. The maximum Gasteiger partial charge on any atom is 0.163 e. The fourth-order valence-electron chi connectivity index (χ4n) is 4.57. The van der Waals surface area contributed by atoms with Gasteiger partial charge in [-0.15, -0.1) is 0 Å². The number of rotatable bonds is 3. The summed E-state index contributed by atoms with van der Waals surface area (Å²) < 4.78 is 0. The molecular weight excluding hydrogens is 346 g/mol. The van der Waals surface area contributed by atoms with E-state index >= 15 is 0 Å². The minimum Gasteiger partial charge on any atom is -0.312 e. The largest absolute Gasteiger partial charge is 0.312 e. The molecule has 28 heavy (non-hydrogen) atoms. The second kappa shape index (κ2) is 6.44. The van der Waals surface area contributed by atoms with Gasteiger partial charge in [0.25, 0.3) is 0 Å². The molecule has 1 atom stereocenters. The van der Waals surface area contributed by atoms with Crippen LogP contribution in [0.15, 0.2) is 73.3 Å². The first-order valence-electron chi connectivity index (χ1n) is 9.87. The minimum atomic E-state index is -0.0253. The maximum atomic E-state index is 4.62. The van der Waals surface area contributed by atoms with Crippen LogP contribution in [0.5, 0.6) is 0 Å². The first-order valence-corrected chi connectivity index (χ1v) is 9.87. The Labute approximate surface area is 165 Å². The van der Waals surface area contributed by atoms with Gasteiger partial charge >= 0.3 is 0 Å². The number of pyridine rings is 1. The Morgan fingerprint density at radius 1 is 0.929 bits per heavy atom. The zero-order valence-corrected chi connectivity index (χ0v) is 16.2. The Morgan fingerprint density at radius 3 is 2.54 bits per heavy atom. The molecule has 3 aromatic rings. The highest BCUT2D eigenvalue weighted by molar-refractivity contribution is 5.87. The lowest BCUT2D eigenvalue weighted by Crippen LogP contribution is -2.36. The number of hydrogen-bond acceptors (Lipinski definition) is 5. The van der Waals surface area contributed by atoms with Gasteiger partial charge in [0.15, 0.2) is 5.82 Å². The van der Waals surface area contributed by atoms with Crippen molar-refractivity contribution < 1.29 is 0 Å². The molecule has 4 heterocycles. The van der Waals surface area contributed by atoms with E-state index in [1.54, 1.807) is 6.33 Å². The van der Waals surface area contributed by atoms with Gasteiger partial charge in [-0.05, 0) is 42.7 Å². The molecule has 1 aromatic carbocycles. The van der Waals surface area contributed by atoms with Gasteiger partial charge in [-0.2, -0.15) is 0 Å². The average Bonchev–Trinajstić information content (AvgIpc) is 3.02. The van der Waals surface area contributed by atoms with Crippen molar-refractivity contribution in [3.05, 3.63) is 78.9 Å². The lowest BCUT2D eigenvalue weighted by atomic mass is 9.75. The molecule has 0 saturated carbocycles. The fraction of sp³-hybridized carbons (Fsp3) is 0.261.